The molecule has 3 nitrogen and oxygen atoms in total. The number of alkyl halides is 1. The summed E-state index contributed by atoms with van der Waals surface area (Å²) in [7, 11) is 0. The van der Waals surface area contributed by atoms with Crippen molar-refractivity contribution in [3.63, 3.8) is 0 Å². The van der Waals surface area contributed by atoms with E-state index >= 15 is 0 Å². The molecule has 2 N–H and O–H groups in total. The zero-order valence-corrected chi connectivity index (χ0v) is 10.5. The maximum Gasteiger partial charge on any atom is 0.319 e. The van der Waals surface area contributed by atoms with E-state index in [1.165, 1.54) is 0 Å². The largest absolute Gasteiger partial charge is 0.336 e. The molecular weight excluding hydrogens is 256 g/mol. The molecule has 0 aliphatic carbocycles. The Kier molecular flexibility index (Phi) is 4.62. The number of urea groups is 1. The molecule has 0 bridgehead atoms. The second-order valence-corrected chi connectivity index (χ2v) is 4.15. The van der Waals surface area contributed by atoms with Crippen molar-refractivity contribution in [1.82, 2.24) is 5.32 Å². The van der Waals surface area contributed by atoms with Crippen LogP contribution < -0.4 is 10.6 Å². The molecule has 0 atom stereocenters. The number of hydrogen-bond donors (Lipinski definition) is 2. The summed E-state index contributed by atoms with van der Waals surface area (Å²) in [6.07, 6.45) is 0. The molecule has 0 saturated carbocycles. The lowest BCUT2D eigenvalue weighted by molar-refractivity contribution is 0.250. The molecule has 15 heavy (non-hydrogen) atoms. The summed E-state index contributed by atoms with van der Waals surface area (Å²) in [5.74, 6) is 0. The predicted molar refractivity (Wildman–Crippen MR) is 66.4 cm³/mol. The normalized spacial score (nSPS) is 10.1. The van der Waals surface area contributed by atoms with Crippen molar-refractivity contribution in [3.8, 4) is 0 Å². The summed E-state index contributed by atoms with van der Waals surface area (Å²) in [6.45, 7) is 3.85. The summed E-state index contributed by atoms with van der Waals surface area (Å²) in [6, 6.07) is 7.70. The minimum absolute atomic E-state index is 0.143. The molecule has 1 aromatic carbocycles. The van der Waals surface area contributed by atoms with Gasteiger partial charge in [0.2, 0.25) is 0 Å². The number of halogens is 1. The van der Waals surface area contributed by atoms with Crippen molar-refractivity contribution in [3.05, 3.63) is 29.8 Å². The Hall–Kier alpha value is -1.03. The molecule has 1 aromatic rings. The van der Waals surface area contributed by atoms with E-state index in [9.17, 15) is 4.79 Å². The highest BCUT2D eigenvalue weighted by Crippen LogP contribution is 2.12. The van der Waals surface area contributed by atoms with Gasteiger partial charge in [-0.1, -0.05) is 28.1 Å². The lowest BCUT2D eigenvalue weighted by Crippen LogP contribution is -2.34. The number of carbonyl (C=O) groups is 1. The highest BCUT2D eigenvalue weighted by Gasteiger charge is 2.02. The van der Waals surface area contributed by atoms with Gasteiger partial charge in [0.1, 0.15) is 0 Å². The average molecular weight is 271 g/mol. The summed E-state index contributed by atoms with van der Waals surface area (Å²) in [4.78, 5) is 11.4. The van der Waals surface area contributed by atoms with Crippen molar-refractivity contribution in [2.75, 3.05) is 5.32 Å². The highest BCUT2D eigenvalue weighted by molar-refractivity contribution is 9.08. The zero-order chi connectivity index (χ0) is 11.3. The quantitative estimate of drug-likeness (QED) is 0.815. The summed E-state index contributed by atoms with van der Waals surface area (Å²) >= 11 is 3.37. The van der Waals surface area contributed by atoms with Crippen LogP contribution in [0.2, 0.25) is 0 Å². The van der Waals surface area contributed by atoms with Gasteiger partial charge in [-0.25, -0.2) is 4.79 Å². The number of anilines is 1. The first-order valence-electron chi connectivity index (χ1n) is 4.84. The van der Waals surface area contributed by atoms with Crippen LogP contribution in [0.4, 0.5) is 10.5 Å². The number of carbonyl (C=O) groups excluding carboxylic acids is 1. The van der Waals surface area contributed by atoms with Crippen molar-refractivity contribution < 1.29 is 4.79 Å². The molecule has 2 amide bonds. The molecular formula is C11H15BrN2O. The Labute approximate surface area is 98.4 Å². The second-order valence-electron chi connectivity index (χ2n) is 3.59. The summed E-state index contributed by atoms with van der Waals surface area (Å²) < 4.78 is 0. The van der Waals surface area contributed by atoms with Gasteiger partial charge in [0.15, 0.2) is 0 Å². The van der Waals surface area contributed by atoms with E-state index in [0.717, 1.165) is 16.6 Å². The Morgan fingerprint density at radius 2 is 2.20 bits per heavy atom. The summed E-state index contributed by atoms with van der Waals surface area (Å²) in [5.41, 5.74) is 1.95. The number of benzene rings is 1. The van der Waals surface area contributed by atoms with E-state index in [2.05, 4.69) is 26.6 Å². The van der Waals surface area contributed by atoms with Crippen molar-refractivity contribution in [2.24, 2.45) is 0 Å². The Balaban J connectivity index is 2.60. The first kappa shape index (κ1) is 12.0. The monoisotopic (exact) mass is 270 g/mol. The third-order valence-electron chi connectivity index (χ3n) is 1.76. The van der Waals surface area contributed by atoms with E-state index in [1.54, 1.807) is 0 Å². The molecule has 82 valence electrons. The molecule has 0 fully saturated rings. The fourth-order valence-electron chi connectivity index (χ4n) is 1.16. The van der Waals surface area contributed by atoms with Gasteiger partial charge in [0, 0.05) is 17.1 Å². The van der Waals surface area contributed by atoms with Crippen LogP contribution in [0.25, 0.3) is 0 Å². The smallest absolute Gasteiger partial charge is 0.319 e. The van der Waals surface area contributed by atoms with Crippen LogP contribution in [0.1, 0.15) is 19.4 Å². The molecule has 0 saturated heterocycles. The van der Waals surface area contributed by atoms with Gasteiger partial charge < -0.3 is 10.6 Å². The number of amides is 2. The SMILES string of the molecule is CC(C)NC(=O)Nc1cccc(CBr)c1. The molecule has 0 aromatic heterocycles. The van der Waals surface area contributed by atoms with Crippen LogP contribution in [-0.4, -0.2) is 12.1 Å². The van der Waals surface area contributed by atoms with Crippen LogP contribution in [0.5, 0.6) is 0 Å². The average Bonchev–Trinajstić information content (AvgIpc) is 2.16. The van der Waals surface area contributed by atoms with Crippen LogP contribution in [0.3, 0.4) is 0 Å². The van der Waals surface area contributed by atoms with E-state index in [1.807, 2.05) is 38.1 Å². The fraction of sp³-hybridized carbons (Fsp3) is 0.364. The van der Waals surface area contributed by atoms with Crippen molar-refractivity contribution in [1.29, 1.82) is 0 Å². The third kappa shape index (κ3) is 4.34. The van der Waals surface area contributed by atoms with Crippen LogP contribution >= 0.6 is 15.9 Å². The standard InChI is InChI=1S/C11H15BrN2O/c1-8(2)13-11(15)14-10-5-3-4-9(6-10)7-12/h3-6,8H,7H2,1-2H3,(H2,13,14,15). The lowest BCUT2D eigenvalue weighted by Gasteiger charge is -2.10. The topological polar surface area (TPSA) is 41.1 Å². The lowest BCUT2D eigenvalue weighted by atomic mass is 10.2. The van der Waals surface area contributed by atoms with Gasteiger partial charge >= 0.3 is 6.03 Å². The van der Waals surface area contributed by atoms with Gasteiger partial charge in [0.05, 0.1) is 0 Å². The van der Waals surface area contributed by atoms with Gasteiger partial charge in [-0.3, -0.25) is 0 Å². The molecule has 0 aliphatic rings. The molecule has 4 heteroatoms. The van der Waals surface area contributed by atoms with E-state index in [4.69, 9.17) is 0 Å². The van der Waals surface area contributed by atoms with Gasteiger partial charge in [-0.2, -0.15) is 0 Å². The minimum atomic E-state index is -0.170. The molecule has 1 rings (SSSR count). The van der Waals surface area contributed by atoms with E-state index in [-0.39, 0.29) is 12.1 Å². The highest BCUT2D eigenvalue weighted by atomic mass is 79.9. The number of nitrogens with one attached hydrogen (secondary N) is 2. The molecule has 0 aliphatic heterocycles. The van der Waals surface area contributed by atoms with Crippen LogP contribution in [0, 0.1) is 0 Å². The minimum Gasteiger partial charge on any atom is -0.336 e. The third-order valence-corrected chi connectivity index (χ3v) is 2.41. The van der Waals surface area contributed by atoms with Crippen molar-refractivity contribution in [2.45, 2.75) is 25.2 Å². The zero-order valence-electron chi connectivity index (χ0n) is 8.88. The van der Waals surface area contributed by atoms with Crippen molar-refractivity contribution >= 4 is 27.6 Å². The van der Waals surface area contributed by atoms with Gasteiger partial charge in [0.25, 0.3) is 0 Å². The molecule has 0 unspecified atom stereocenters. The van der Waals surface area contributed by atoms with Crippen LogP contribution in [0.15, 0.2) is 24.3 Å². The second kappa shape index (κ2) is 5.75. The Morgan fingerprint density at radius 3 is 2.80 bits per heavy atom. The summed E-state index contributed by atoms with van der Waals surface area (Å²) in [5, 5.41) is 6.33. The van der Waals surface area contributed by atoms with Crippen LogP contribution in [-0.2, 0) is 5.33 Å². The maximum atomic E-state index is 11.4. The van der Waals surface area contributed by atoms with E-state index < -0.39 is 0 Å². The molecule has 0 radical (unpaired) electrons. The first-order chi connectivity index (χ1) is 7.11. The van der Waals surface area contributed by atoms with Gasteiger partial charge in [-0.15, -0.1) is 0 Å². The Morgan fingerprint density at radius 1 is 1.47 bits per heavy atom. The fourth-order valence-corrected chi connectivity index (χ4v) is 1.51. The molecule has 0 spiro atoms. The molecule has 0 heterocycles. The Bertz CT molecular complexity index is 339. The van der Waals surface area contributed by atoms with Gasteiger partial charge in [-0.05, 0) is 31.5 Å². The maximum absolute atomic E-state index is 11.4. The van der Waals surface area contributed by atoms with E-state index in [0.29, 0.717) is 0 Å². The number of rotatable bonds is 3. The predicted octanol–water partition coefficient (Wildman–Crippen LogP) is 3.11. The first-order valence-corrected chi connectivity index (χ1v) is 5.96. The number of hydrogen-bond acceptors (Lipinski definition) is 1.